The molecule has 1 aliphatic heterocycles. The summed E-state index contributed by atoms with van der Waals surface area (Å²) < 4.78 is 32.2. The smallest absolute Gasteiger partial charge is 0.349 e. The monoisotopic (exact) mass is 332 g/mol. The highest BCUT2D eigenvalue weighted by Crippen LogP contribution is 2.27. The summed E-state index contributed by atoms with van der Waals surface area (Å²) in [5.74, 6) is -0.332. The van der Waals surface area contributed by atoms with E-state index in [4.69, 9.17) is 0 Å². The number of rotatable bonds is 5. The Hall–Kier alpha value is -0.960. The van der Waals surface area contributed by atoms with Crippen LogP contribution in [0.4, 0.5) is 0 Å². The van der Waals surface area contributed by atoms with E-state index < -0.39 is 16.0 Å². The van der Waals surface area contributed by atoms with Crippen molar-refractivity contribution < 1.29 is 17.9 Å². The number of hydrogen-bond acceptors (Lipinski definition) is 6. The van der Waals surface area contributed by atoms with E-state index in [1.165, 1.54) is 7.11 Å². The first-order valence-corrected chi connectivity index (χ1v) is 9.18. The number of piperidine rings is 1. The van der Waals surface area contributed by atoms with Gasteiger partial charge in [0.1, 0.15) is 9.77 Å². The fourth-order valence-electron chi connectivity index (χ4n) is 2.40. The molecule has 0 radical (unpaired) electrons. The van der Waals surface area contributed by atoms with Crippen molar-refractivity contribution in [1.29, 1.82) is 0 Å². The summed E-state index contributed by atoms with van der Waals surface area (Å²) in [4.78, 5) is 11.9. The normalized spacial score (nSPS) is 19.4. The molecule has 118 valence electrons. The summed E-state index contributed by atoms with van der Waals surface area (Å²) in [5, 5.41) is 4.90. The number of methoxy groups -OCH3 is 1. The van der Waals surface area contributed by atoms with E-state index in [1.807, 2.05) is 0 Å². The molecule has 1 aliphatic rings. The van der Waals surface area contributed by atoms with Gasteiger partial charge in [-0.1, -0.05) is 0 Å². The van der Waals surface area contributed by atoms with Crippen LogP contribution in [0.2, 0.25) is 0 Å². The van der Waals surface area contributed by atoms with Crippen LogP contribution < -0.4 is 10.0 Å². The summed E-state index contributed by atoms with van der Waals surface area (Å²) in [6.07, 6.45) is 2.05. The van der Waals surface area contributed by atoms with E-state index in [1.54, 1.807) is 12.3 Å². The van der Waals surface area contributed by atoms with Crippen molar-refractivity contribution in [3.8, 4) is 0 Å². The number of nitrogens with one attached hydrogen (secondary N) is 2. The van der Waals surface area contributed by atoms with Crippen LogP contribution in [0.5, 0.6) is 0 Å². The van der Waals surface area contributed by atoms with Gasteiger partial charge in [0.25, 0.3) is 0 Å². The SMILES string of the molecule is COC(=O)c1scc(C)c1S(=O)(=O)NCC1CCCNC1. The first-order chi connectivity index (χ1) is 9.95. The quantitative estimate of drug-likeness (QED) is 0.790. The van der Waals surface area contributed by atoms with Crippen LogP contribution in [0.3, 0.4) is 0 Å². The summed E-state index contributed by atoms with van der Waals surface area (Å²) in [7, 11) is -2.46. The zero-order valence-corrected chi connectivity index (χ0v) is 13.8. The van der Waals surface area contributed by atoms with Crippen molar-refractivity contribution in [3.63, 3.8) is 0 Å². The van der Waals surface area contributed by atoms with Gasteiger partial charge in [0, 0.05) is 6.54 Å². The molecule has 1 fully saturated rings. The summed E-state index contributed by atoms with van der Waals surface area (Å²) in [6.45, 7) is 3.86. The number of carbonyl (C=O) groups is 1. The van der Waals surface area contributed by atoms with Gasteiger partial charge in [-0.3, -0.25) is 0 Å². The van der Waals surface area contributed by atoms with Crippen molar-refractivity contribution in [3.05, 3.63) is 15.8 Å². The predicted molar refractivity (Wildman–Crippen MR) is 81.2 cm³/mol. The maximum absolute atomic E-state index is 12.5. The number of aryl methyl sites for hydroxylation is 1. The molecule has 8 heteroatoms. The van der Waals surface area contributed by atoms with Crippen LogP contribution in [0.25, 0.3) is 0 Å². The van der Waals surface area contributed by atoms with Gasteiger partial charge < -0.3 is 10.1 Å². The molecule has 6 nitrogen and oxygen atoms in total. The van der Waals surface area contributed by atoms with Crippen molar-refractivity contribution in [2.75, 3.05) is 26.7 Å². The lowest BCUT2D eigenvalue weighted by atomic mass is 10.0. The molecule has 2 N–H and O–H groups in total. The highest BCUT2D eigenvalue weighted by atomic mass is 32.2. The van der Waals surface area contributed by atoms with Gasteiger partial charge in [-0.05, 0) is 49.7 Å². The molecule has 0 aliphatic carbocycles. The van der Waals surface area contributed by atoms with Crippen LogP contribution >= 0.6 is 11.3 Å². The molecule has 0 bridgehead atoms. The number of esters is 1. The average molecular weight is 332 g/mol. The molecule has 2 rings (SSSR count). The summed E-state index contributed by atoms with van der Waals surface area (Å²) in [6, 6.07) is 0. The van der Waals surface area contributed by atoms with Crippen molar-refractivity contribution in [2.45, 2.75) is 24.7 Å². The molecule has 0 saturated carbocycles. The highest BCUT2D eigenvalue weighted by Gasteiger charge is 2.28. The van der Waals surface area contributed by atoms with Gasteiger partial charge in [-0.15, -0.1) is 11.3 Å². The Bertz CT molecular complexity index is 604. The molecule has 0 amide bonds. The van der Waals surface area contributed by atoms with Gasteiger partial charge in [0.15, 0.2) is 0 Å². The van der Waals surface area contributed by atoms with Gasteiger partial charge in [0.05, 0.1) is 7.11 Å². The number of hydrogen-bond donors (Lipinski definition) is 2. The largest absolute Gasteiger partial charge is 0.465 e. The van der Waals surface area contributed by atoms with E-state index in [9.17, 15) is 13.2 Å². The highest BCUT2D eigenvalue weighted by molar-refractivity contribution is 7.89. The van der Waals surface area contributed by atoms with E-state index >= 15 is 0 Å². The van der Waals surface area contributed by atoms with Crippen LogP contribution in [0.1, 0.15) is 28.1 Å². The topological polar surface area (TPSA) is 84.5 Å². The third-order valence-corrected chi connectivity index (χ3v) is 6.34. The zero-order valence-electron chi connectivity index (χ0n) is 12.1. The maximum atomic E-state index is 12.5. The molecule has 1 aromatic heterocycles. The second-order valence-corrected chi connectivity index (χ2v) is 7.72. The van der Waals surface area contributed by atoms with Crippen LogP contribution in [0, 0.1) is 12.8 Å². The standard InChI is InChI=1S/C13H20N2O4S2/c1-9-8-20-11(13(16)19-2)12(9)21(17,18)15-7-10-4-3-5-14-6-10/h8,10,14-15H,3-7H2,1-2H3. The molecule has 1 saturated heterocycles. The Morgan fingerprint density at radius 1 is 1.57 bits per heavy atom. The number of carbonyl (C=O) groups excluding carboxylic acids is 1. The first-order valence-electron chi connectivity index (χ1n) is 6.82. The number of ether oxygens (including phenoxy) is 1. The molecular formula is C13H20N2O4S2. The second kappa shape index (κ2) is 6.87. The number of sulfonamides is 1. The maximum Gasteiger partial charge on any atom is 0.349 e. The first kappa shape index (κ1) is 16.4. The number of thiophene rings is 1. The van der Waals surface area contributed by atoms with Crippen LogP contribution in [-0.4, -0.2) is 41.1 Å². The molecule has 2 heterocycles. The molecule has 1 atom stereocenters. The fourth-order valence-corrected chi connectivity index (χ4v) is 5.22. The Kier molecular flexibility index (Phi) is 5.37. The van der Waals surface area contributed by atoms with Gasteiger partial charge in [-0.2, -0.15) is 0 Å². The van der Waals surface area contributed by atoms with Crippen molar-refractivity contribution in [2.24, 2.45) is 5.92 Å². The van der Waals surface area contributed by atoms with Gasteiger partial charge >= 0.3 is 5.97 Å². The van der Waals surface area contributed by atoms with Crippen molar-refractivity contribution >= 4 is 27.3 Å². The third-order valence-electron chi connectivity index (χ3n) is 3.52. The van der Waals surface area contributed by atoms with E-state index in [0.717, 1.165) is 37.3 Å². The Balaban J connectivity index is 2.15. The lowest BCUT2D eigenvalue weighted by Gasteiger charge is -2.22. The Labute approximate surface area is 128 Å². The molecule has 1 aromatic rings. The molecule has 21 heavy (non-hydrogen) atoms. The fraction of sp³-hybridized carbons (Fsp3) is 0.615. The Morgan fingerprint density at radius 3 is 2.95 bits per heavy atom. The summed E-state index contributed by atoms with van der Waals surface area (Å²) >= 11 is 1.09. The van der Waals surface area contributed by atoms with Crippen LogP contribution in [0.15, 0.2) is 10.3 Å². The lowest BCUT2D eigenvalue weighted by molar-refractivity contribution is 0.0602. The minimum Gasteiger partial charge on any atom is -0.465 e. The van der Waals surface area contributed by atoms with Gasteiger partial charge in [-0.25, -0.2) is 17.9 Å². The van der Waals surface area contributed by atoms with E-state index in [2.05, 4.69) is 14.8 Å². The van der Waals surface area contributed by atoms with Crippen molar-refractivity contribution in [1.82, 2.24) is 10.0 Å². The van der Waals surface area contributed by atoms with Gasteiger partial charge in [0.2, 0.25) is 10.0 Å². The average Bonchev–Trinajstić information content (AvgIpc) is 2.88. The second-order valence-electron chi connectivity index (χ2n) is 5.13. The molecule has 0 aromatic carbocycles. The molecule has 1 unspecified atom stereocenters. The minimum atomic E-state index is -3.70. The third kappa shape index (κ3) is 3.82. The minimum absolute atomic E-state index is 0.0446. The van der Waals surface area contributed by atoms with Crippen LogP contribution in [-0.2, 0) is 14.8 Å². The predicted octanol–water partition coefficient (Wildman–Crippen LogP) is 1.12. The molecule has 0 spiro atoms. The Morgan fingerprint density at radius 2 is 2.33 bits per heavy atom. The molecular weight excluding hydrogens is 312 g/mol. The van der Waals surface area contributed by atoms with E-state index in [-0.39, 0.29) is 15.7 Å². The lowest BCUT2D eigenvalue weighted by Crippen LogP contribution is -2.38. The zero-order chi connectivity index (χ0) is 15.5. The van der Waals surface area contributed by atoms with E-state index in [0.29, 0.717) is 12.1 Å². The summed E-state index contributed by atoms with van der Waals surface area (Å²) in [5.41, 5.74) is 0.565.